The lowest BCUT2D eigenvalue weighted by molar-refractivity contribution is 0.0164. The SMILES string of the molecule is CC12CCC(C)(CC1)CC2.CC1CCC(C)CC1.[HH]. The monoisotopic (exact) mass is 252 g/mol. The van der Waals surface area contributed by atoms with Crippen LogP contribution in [0.1, 0.15) is 93.3 Å². The van der Waals surface area contributed by atoms with Crippen molar-refractivity contribution >= 4 is 0 Å². The van der Waals surface area contributed by atoms with Gasteiger partial charge in [-0.3, -0.25) is 0 Å². The summed E-state index contributed by atoms with van der Waals surface area (Å²) >= 11 is 0. The van der Waals surface area contributed by atoms with Crippen LogP contribution in [0.2, 0.25) is 0 Å². The molecule has 0 atom stereocenters. The molecule has 2 bridgehead atoms. The summed E-state index contributed by atoms with van der Waals surface area (Å²) in [5.74, 6) is 2.04. The molecule has 0 saturated heterocycles. The maximum absolute atomic E-state index is 2.48. The standard InChI is InChI=1S/C10H18.C8H16.H2/c1-9-3-6-10(2,7-4-9)8-5-9;1-7-3-5-8(2)6-4-7;/h3-8H2,1-2H3;7-8H,3-6H2,1-2H3;1H. The van der Waals surface area contributed by atoms with Crippen molar-refractivity contribution in [1.82, 2.24) is 0 Å². The molecule has 0 N–H and O–H groups in total. The van der Waals surface area contributed by atoms with Gasteiger partial charge < -0.3 is 0 Å². The molecule has 108 valence electrons. The normalized spacial score (nSPS) is 47.3. The van der Waals surface area contributed by atoms with Crippen molar-refractivity contribution in [3.63, 3.8) is 0 Å². The molecule has 0 spiro atoms. The highest BCUT2D eigenvalue weighted by atomic mass is 14.5. The summed E-state index contributed by atoms with van der Waals surface area (Å²) in [6.07, 6.45) is 14.9. The third-order valence-corrected chi connectivity index (χ3v) is 6.30. The van der Waals surface area contributed by atoms with E-state index in [1.54, 1.807) is 0 Å². The Morgan fingerprint density at radius 1 is 0.611 bits per heavy atom. The predicted octanol–water partition coefficient (Wildman–Crippen LogP) is 6.45. The lowest BCUT2D eigenvalue weighted by Gasteiger charge is -2.50. The molecule has 0 aromatic heterocycles. The van der Waals surface area contributed by atoms with Crippen molar-refractivity contribution < 1.29 is 1.43 Å². The van der Waals surface area contributed by atoms with Crippen LogP contribution < -0.4 is 0 Å². The van der Waals surface area contributed by atoms with Gasteiger partial charge in [-0.25, -0.2) is 0 Å². The first-order valence-corrected chi connectivity index (χ1v) is 8.41. The largest absolute Gasteiger partial charge is 0.0625 e. The van der Waals surface area contributed by atoms with Crippen molar-refractivity contribution in [2.24, 2.45) is 22.7 Å². The fourth-order valence-electron chi connectivity index (χ4n) is 3.99. The van der Waals surface area contributed by atoms with Crippen molar-refractivity contribution in [2.45, 2.75) is 91.9 Å². The van der Waals surface area contributed by atoms with Crippen molar-refractivity contribution in [2.75, 3.05) is 0 Å². The van der Waals surface area contributed by atoms with Crippen LogP contribution in [-0.4, -0.2) is 0 Å². The van der Waals surface area contributed by atoms with E-state index >= 15 is 0 Å². The molecule has 0 radical (unpaired) electrons. The molecular weight excluding hydrogens is 216 g/mol. The van der Waals surface area contributed by atoms with Crippen molar-refractivity contribution in [3.05, 3.63) is 0 Å². The lowest BCUT2D eigenvalue weighted by atomic mass is 9.55. The molecule has 4 fully saturated rings. The number of hydrogen-bond donors (Lipinski definition) is 0. The molecule has 4 rings (SSSR count). The van der Waals surface area contributed by atoms with Gasteiger partial charge >= 0.3 is 0 Å². The van der Waals surface area contributed by atoms with E-state index in [0.29, 0.717) is 0 Å². The Kier molecular flexibility index (Phi) is 4.44. The molecule has 4 saturated carbocycles. The molecular formula is C18H36. The van der Waals surface area contributed by atoms with Gasteiger partial charge in [-0.15, -0.1) is 0 Å². The van der Waals surface area contributed by atoms with Crippen molar-refractivity contribution in [3.8, 4) is 0 Å². The van der Waals surface area contributed by atoms with Crippen LogP contribution in [0.5, 0.6) is 0 Å². The first kappa shape index (κ1) is 14.4. The molecule has 0 heteroatoms. The molecule has 0 aromatic carbocycles. The summed E-state index contributed by atoms with van der Waals surface area (Å²) in [6, 6.07) is 0. The number of hydrogen-bond acceptors (Lipinski definition) is 0. The maximum atomic E-state index is 2.48. The predicted molar refractivity (Wildman–Crippen MR) is 82.8 cm³/mol. The third-order valence-electron chi connectivity index (χ3n) is 6.30. The van der Waals surface area contributed by atoms with E-state index in [4.69, 9.17) is 0 Å². The quantitative estimate of drug-likeness (QED) is 0.465. The molecule has 0 nitrogen and oxygen atoms in total. The second-order valence-corrected chi connectivity index (χ2v) is 8.49. The minimum atomic E-state index is 0. The average Bonchev–Trinajstić information content (AvgIpc) is 2.36. The van der Waals surface area contributed by atoms with Gasteiger partial charge in [-0.2, -0.15) is 0 Å². The van der Waals surface area contributed by atoms with Gasteiger partial charge in [0.25, 0.3) is 0 Å². The van der Waals surface area contributed by atoms with Gasteiger partial charge in [0.05, 0.1) is 0 Å². The van der Waals surface area contributed by atoms with E-state index in [1.807, 2.05) is 0 Å². The van der Waals surface area contributed by atoms with E-state index < -0.39 is 0 Å². The average molecular weight is 252 g/mol. The number of rotatable bonds is 0. The Labute approximate surface area is 116 Å². The van der Waals surface area contributed by atoms with Crippen LogP contribution >= 0.6 is 0 Å². The zero-order valence-corrected chi connectivity index (χ0v) is 13.2. The fraction of sp³-hybridized carbons (Fsp3) is 1.00. The zero-order valence-electron chi connectivity index (χ0n) is 13.2. The first-order chi connectivity index (χ1) is 8.41. The van der Waals surface area contributed by atoms with E-state index in [1.165, 1.54) is 64.2 Å². The summed E-state index contributed by atoms with van der Waals surface area (Å²) in [7, 11) is 0. The molecule has 18 heavy (non-hydrogen) atoms. The molecule has 0 aliphatic heterocycles. The number of fused-ring (bicyclic) bond motifs is 3. The molecule has 0 amide bonds. The molecule has 4 aliphatic rings. The topological polar surface area (TPSA) is 0 Å². The molecule has 0 heterocycles. The van der Waals surface area contributed by atoms with Crippen molar-refractivity contribution in [1.29, 1.82) is 0 Å². The summed E-state index contributed by atoms with van der Waals surface area (Å²) < 4.78 is 0. The fourth-order valence-corrected chi connectivity index (χ4v) is 3.99. The van der Waals surface area contributed by atoms with Gasteiger partial charge in [0.15, 0.2) is 0 Å². The zero-order chi connectivity index (χ0) is 13.2. The van der Waals surface area contributed by atoms with Crippen LogP contribution in [0.25, 0.3) is 0 Å². The minimum Gasteiger partial charge on any atom is -0.0625 e. The Morgan fingerprint density at radius 3 is 1.06 bits per heavy atom. The van der Waals surface area contributed by atoms with Crippen LogP contribution in [0.3, 0.4) is 0 Å². The smallest absolute Gasteiger partial charge is 0 e. The summed E-state index contributed by atoms with van der Waals surface area (Å²) in [4.78, 5) is 0. The summed E-state index contributed by atoms with van der Waals surface area (Å²) in [5, 5.41) is 0. The van der Waals surface area contributed by atoms with Crippen LogP contribution in [0.4, 0.5) is 0 Å². The van der Waals surface area contributed by atoms with Gasteiger partial charge in [-0.05, 0) is 61.2 Å². The van der Waals surface area contributed by atoms with Crippen LogP contribution in [0, 0.1) is 22.7 Å². The Morgan fingerprint density at radius 2 is 0.833 bits per heavy atom. The minimum absolute atomic E-state index is 0. The van der Waals surface area contributed by atoms with E-state index in [9.17, 15) is 0 Å². The highest BCUT2D eigenvalue weighted by Gasteiger charge is 2.42. The van der Waals surface area contributed by atoms with Gasteiger partial charge in [-0.1, -0.05) is 53.4 Å². The van der Waals surface area contributed by atoms with E-state index in [0.717, 1.165) is 22.7 Å². The summed E-state index contributed by atoms with van der Waals surface area (Å²) in [6.45, 7) is 9.69. The highest BCUT2D eigenvalue weighted by Crippen LogP contribution is 2.56. The lowest BCUT2D eigenvalue weighted by Crippen LogP contribution is -2.37. The third kappa shape index (κ3) is 3.75. The van der Waals surface area contributed by atoms with Crippen LogP contribution in [-0.2, 0) is 0 Å². The van der Waals surface area contributed by atoms with E-state index in [2.05, 4.69) is 27.7 Å². The highest BCUT2D eigenvalue weighted by molar-refractivity contribution is 4.94. The van der Waals surface area contributed by atoms with Gasteiger partial charge in [0.2, 0.25) is 0 Å². The Bertz CT molecular complexity index is 210. The Hall–Kier alpha value is 0. The van der Waals surface area contributed by atoms with Gasteiger partial charge in [0, 0.05) is 1.43 Å². The first-order valence-electron chi connectivity index (χ1n) is 8.41. The second kappa shape index (κ2) is 5.55. The summed E-state index contributed by atoms with van der Waals surface area (Å²) in [5.41, 5.74) is 1.52. The second-order valence-electron chi connectivity index (χ2n) is 8.49. The molecule has 4 aliphatic carbocycles. The molecule has 0 aromatic rings. The van der Waals surface area contributed by atoms with Gasteiger partial charge in [0.1, 0.15) is 0 Å². The maximum Gasteiger partial charge on any atom is 0 e. The van der Waals surface area contributed by atoms with Crippen LogP contribution in [0.15, 0.2) is 0 Å². The Balaban J connectivity index is 0.000000185. The molecule has 0 unspecified atom stereocenters. The van der Waals surface area contributed by atoms with E-state index in [-0.39, 0.29) is 1.43 Å².